The molecule has 0 amide bonds. The molecule has 1 aromatic rings. The molecule has 0 aliphatic carbocycles. The molecule has 0 bridgehead atoms. The SMILES string of the molecule is CCCc1cc(C)[c-](C)c1.[Cl-].[Cl-].[Cl-].[Zr+4]. The van der Waals surface area contributed by atoms with Crippen LogP contribution in [0.5, 0.6) is 0 Å². The molecule has 0 fully saturated rings. The fraction of sp³-hybridized carbons (Fsp3) is 0.500. The van der Waals surface area contributed by atoms with Crippen LogP contribution in [0.15, 0.2) is 12.1 Å². The minimum Gasteiger partial charge on any atom is -1.00 e. The summed E-state index contributed by atoms with van der Waals surface area (Å²) < 4.78 is 0. The first-order valence-electron chi connectivity index (χ1n) is 3.97. The van der Waals surface area contributed by atoms with Gasteiger partial charge >= 0.3 is 26.2 Å². The summed E-state index contributed by atoms with van der Waals surface area (Å²) in [5.74, 6) is 0. The summed E-state index contributed by atoms with van der Waals surface area (Å²) in [6.07, 6.45) is 2.48. The van der Waals surface area contributed by atoms with Gasteiger partial charge in [-0.1, -0.05) is 33.6 Å². The van der Waals surface area contributed by atoms with E-state index in [0.717, 1.165) is 0 Å². The first kappa shape index (κ1) is 24.4. The fourth-order valence-corrected chi connectivity index (χ4v) is 1.26. The maximum absolute atomic E-state index is 2.29. The Hall–Kier alpha value is 1.10. The Morgan fingerprint density at radius 2 is 1.71 bits per heavy atom. The maximum atomic E-state index is 2.29. The van der Waals surface area contributed by atoms with Gasteiger partial charge in [0.15, 0.2) is 0 Å². The first-order chi connectivity index (χ1) is 4.74. The zero-order valence-corrected chi connectivity index (χ0v) is 13.4. The van der Waals surface area contributed by atoms with Gasteiger partial charge in [0.05, 0.1) is 0 Å². The van der Waals surface area contributed by atoms with E-state index in [9.17, 15) is 0 Å². The van der Waals surface area contributed by atoms with Crippen LogP contribution in [0.1, 0.15) is 30.0 Å². The van der Waals surface area contributed by atoms with Crippen molar-refractivity contribution in [3.63, 3.8) is 0 Å². The second-order valence-corrected chi connectivity index (χ2v) is 2.98. The van der Waals surface area contributed by atoms with Gasteiger partial charge in [-0.3, -0.25) is 0 Å². The van der Waals surface area contributed by atoms with Crippen LogP contribution in [0.2, 0.25) is 0 Å². The van der Waals surface area contributed by atoms with E-state index in [2.05, 4.69) is 32.9 Å². The zero-order valence-electron chi connectivity index (χ0n) is 8.70. The number of aryl methyl sites for hydroxylation is 3. The van der Waals surface area contributed by atoms with E-state index in [4.69, 9.17) is 0 Å². The van der Waals surface area contributed by atoms with Crippen LogP contribution in [0.3, 0.4) is 0 Å². The van der Waals surface area contributed by atoms with Crippen molar-refractivity contribution < 1.29 is 63.4 Å². The number of hydrogen-bond acceptors (Lipinski definition) is 0. The van der Waals surface area contributed by atoms with E-state index in [0.29, 0.717) is 0 Å². The number of hydrogen-bond donors (Lipinski definition) is 0. The van der Waals surface area contributed by atoms with E-state index in [1.54, 1.807) is 0 Å². The molecular formula is C10H15Cl3Zr. The van der Waals surface area contributed by atoms with Crippen LogP contribution >= 0.6 is 0 Å². The van der Waals surface area contributed by atoms with Crippen molar-refractivity contribution >= 4 is 0 Å². The Bertz CT molecular complexity index is 202. The maximum Gasteiger partial charge on any atom is 4.00 e. The van der Waals surface area contributed by atoms with Gasteiger partial charge in [-0.25, -0.2) is 6.07 Å². The molecule has 0 aromatic heterocycles. The Morgan fingerprint density at radius 1 is 1.21 bits per heavy atom. The van der Waals surface area contributed by atoms with Gasteiger partial charge in [0.25, 0.3) is 0 Å². The zero-order chi connectivity index (χ0) is 7.56. The number of rotatable bonds is 2. The van der Waals surface area contributed by atoms with Gasteiger partial charge < -0.3 is 37.2 Å². The largest absolute Gasteiger partial charge is 4.00 e. The minimum absolute atomic E-state index is 0. The van der Waals surface area contributed by atoms with E-state index in [1.807, 2.05) is 0 Å². The molecule has 1 aromatic carbocycles. The molecule has 0 aliphatic heterocycles. The molecular weight excluding hydrogens is 318 g/mol. The molecule has 14 heavy (non-hydrogen) atoms. The molecule has 4 heteroatoms. The molecule has 0 heterocycles. The molecule has 0 aliphatic rings. The van der Waals surface area contributed by atoms with E-state index in [-0.39, 0.29) is 63.4 Å². The average molecular weight is 333 g/mol. The summed E-state index contributed by atoms with van der Waals surface area (Å²) in [5, 5.41) is 0. The van der Waals surface area contributed by atoms with Crippen LogP contribution in [0.25, 0.3) is 0 Å². The third-order valence-electron chi connectivity index (χ3n) is 1.96. The second-order valence-electron chi connectivity index (χ2n) is 2.98. The standard InChI is InChI=1S/C10H15.3ClH.Zr/c1-4-5-10-6-8(2)9(3)7-10;;;;/h6-7H,4-5H2,1-3H3;3*1H;/q-1;;;;+4/p-3. The van der Waals surface area contributed by atoms with Crippen molar-refractivity contribution in [2.24, 2.45) is 0 Å². The van der Waals surface area contributed by atoms with Crippen LogP contribution in [-0.2, 0) is 32.6 Å². The van der Waals surface area contributed by atoms with Gasteiger partial charge in [0, 0.05) is 0 Å². The summed E-state index contributed by atoms with van der Waals surface area (Å²) in [7, 11) is 0. The predicted molar refractivity (Wildman–Crippen MR) is 45.5 cm³/mol. The van der Waals surface area contributed by atoms with Gasteiger partial charge in [-0.15, -0.1) is 0 Å². The van der Waals surface area contributed by atoms with Crippen molar-refractivity contribution in [3.05, 3.63) is 28.8 Å². The van der Waals surface area contributed by atoms with Crippen molar-refractivity contribution in [1.29, 1.82) is 0 Å². The van der Waals surface area contributed by atoms with Crippen LogP contribution in [0.4, 0.5) is 0 Å². The van der Waals surface area contributed by atoms with Gasteiger partial charge in [-0.2, -0.15) is 22.8 Å². The Kier molecular flexibility index (Phi) is 21.2. The van der Waals surface area contributed by atoms with Crippen molar-refractivity contribution in [2.45, 2.75) is 33.6 Å². The van der Waals surface area contributed by atoms with E-state index >= 15 is 0 Å². The summed E-state index contributed by atoms with van der Waals surface area (Å²) in [4.78, 5) is 0. The molecule has 80 valence electrons. The number of halogens is 3. The van der Waals surface area contributed by atoms with E-state index in [1.165, 1.54) is 29.5 Å². The van der Waals surface area contributed by atoms with E-state index < -0.39 is 0 Å². The molecule has 0 N–H and O–H groups in total. The molecule has 0 radical (unpaired) electrons. The molecule has 0 atom stereocenters. The molecule has 0 spiro atoms. The first-order valence-corrected chi connectivity index (χ1v) is 3.97. The average Bonchev–Trinajstić information content (AvgIpc) is 2.14. The normalized spacial score (nSPS) is 7.36. The molecule has 0 nitrogen and oxygen atoms in total. The monoisotopic (exact) mass is 330 g/mol. The van der Waals surface area contributed by atoms with Gasteiger partial charge in [-0.05, 0) is 0 Å². The Balaban J connectivity index is -0.000000125. The Labute approximate surface area is 125 Å². The second kappa shape index (κ2) is 12.2. The molecule has 0 saturated carbocycles. The van der Waals surface area contributed by atoms with Crippen molar-refractivity contribution in [1.82, 2.24) is 0 Å². The van der Waals surface area contributed by atoms with Gasteiger partial charge in [0.1, 0.15) is 0 Å². The smallest absolute Gasteiger partial charge is 1.00 e. The van der Waals surface area contributed by atoms with Crippen LogP contribution < -0.4 is 37.2 Å². The van der Waals surface area contributed by atoms with Crippen LogP contribution in [-0.4, -0.2) is 0 Å². The van der Waals surface area contributed by atoms with Gasteiger partial charge in [0.2, 0.25) is 0 Å². The summed E-state index contributed by atoms with van der Waals surface area (Å²) in [6.45, 7) is 6.57. The summed E-state index contributed by atoms with van der Waals surface area (Å²) in [5.41, 5.74) is 4.37. The summed E-state index contributed by atoms with van der Waals surface area (Å²) in [6, 6.07) is 4.58. The minimum atomic E-state index is 0. The molecule has 1 rings (SSSR count). The fourth-order valence-electron chi connectivity index (χ4n) is 1.26. The third kappa shape index (κ3) is 7.40. The third-order valence-corrected chi connectivity index (χ3v) is 1.96. The Morgan fingerprint density at radius 3 is 2.00 bits per heavy atom. The molecule has 0 unspecified atom stereocenters. The van der Waals surface area contributed by atoms with Crippen LogP contribution in [0, 0.1) is 13.8 Å². The topological polar surface area (TPSA) is 0 Å². The van der Waals surface area contributed by atoms with Crippen molar-refractivity contribution in [3.8, 4) is 0 Å². The summed E-state index contributed by atoms with van der Waals surface area (Å²) >= 11 is 0. The molecule has 0 saturated heterocycles. The predicted octanol–water partition coefficient (Wildman–Crippen LogP) is -6.02. The van der Waals surface area contributed by atoms with Crippen molar-refractivity contribution in [2.75, 3.05) is 0 Å². The quantitative estimate of drug-likeness (QED) is 0.473.